The van der Waals surface area contributed by atoms with Gasteiger partial charge in [-0.2, -0.15) is 0 Å². The Morgan fingerprint density at radius 3 is 1.48 bits per heavy atom. The van der Waals surface area contributed by atoms with Gasteiger partial charge < -0.3 is 0 Å². The highest BCUT2D eigenvalue weighted by molar-refractivity contribution is 5.37. The van der Waals surface area contributed by atoms with Gasteiger partial charge >= 0.3 is 0 Å². The third kappa shape index (κ3) is 2.18. The highest BCUT2D eigenvalue weighted by Crippen LogP contribution is 2.65. The van der Waals surface area contributed by atoms with Crippen molar-refractivity contribution in [3.63, 3.8) is 0 Å². The van der Waals surface area contributed by atoms with E-state index < -0.39 is 0 Å². The fraction of sp³-hybridized carbons (Fsp3) is 0.478. The Bertz CT molecular complexity index is 614. The summed E-state index contributed by atoms with van der Waals surface area (Å²) in [5, 5.41) is 0. The Labute approximate surface area is 140 Å². The summed E-state index contributed by atoms with van der Waals surface area (Å²) in [6.07, 6.45) is 4.05. The van der Waals surface area contributed by atoms with E-state index in [2.05, 4.69) is 81.4 Å². The smallest absolute Gasteiger partial charge is 0.00355 e. The maximum Gasteiger partial charge on any atom is -0.00355 e. The molecule has 0 heteroatoms. The van der Waals surface area contributed by atoms with Crippen LogP contribution in [0.15, 0.2) is 60.7 Å². The second-order valence-electron chi connectivity index (χ2n) is 8.53. The summed E-state index contributed by atoms with van der Waals surface area (Å²) in [6.45, 7) is 7.52. The van der Waals surface area contributed by atoms with Crippen LogP contribution in [-0.4, -0.2) is 0 Å². The standard InChI is InChI=1S/C23H28/c1-17-14-20-21(15-17)23(3,19-12-8-5-9-13-19)16-22(20,2)18-10-6-4-7-11-18/h4-13,17,20-21H,14-16H2,1-3H3. The summed E-state index contributed by atoms with van der Waals surface area (Å²) in [7, 11) is 0. The molecule has 0 radical (unpaired) electrons. The zero-order valence-electron chi connectivity index (χ0n) is 14.6. The van der Waals surface area contributed by atoms with Crippen LogP contribution >= 0.6 is 0 Å². The van der Waals surface area contributed by atoms with Gasteiger partial charge in [0.05, 0.1) is 0 Å². The molecule has 0 spiro atoms. The van der Waals surface area contributed by atoms with E-state index in [0.29, 0.717) is 10.8 Å². The zero-order chi connectivity index (χ0) is 16.1. The average Bonchev–Trinajstić information content (AvgIpc) is 3.07. The molecular weight excluding hydrogens is 276 g/mol. The summed E-state index contributed by atoms with van der Waals surface area (Å²) < 4.78 is 0. The lowest BCUT2D eigenvalue weighted by Gasteiger charge is -2.34. The van der Waals surface area contributed by atoms with Crippen LogP contribution < -0.4 is 0 Å². The number of rotatable bonds is 2. The van der Waals surface area contributed by atoms with E-state index in [4.69, 9.17) is 0 Å². The molecular formula is C23H28. The molecule has 0 aliphatic heterocycles. The molecule has 0 N–H and O–H groups in total. The minimum atomic E-state index is 0.307. The summed E-state index contributed by atoms with van der Waals surface area (Å²) >= 11 is 0. The molecule has 2 aliphatic rings. The Morgan fingerprint density at radius 2 is 1.09 bits per heavy atom. The second kappa shape index (κ2) is 5.23. The largest absolute Gasteiger partial charge is 0.0625 e. The highest BCUT2D eigenvalue weighted by atomic mass is 14.6. The van der Waals surface area contributed by atoms with Crippen LogP contribution in [0.1, 0.15) is 51.2 Å². The monoisotopic (exact) mass is 304 g/mol. The van der Waals surface area contributed by atoms with Gasteiger partial charge in [0.25, 0.3) is 0 Å². The third-order valence-electron chi connectivity index (χ3n) is 7.04. The fourth-order valence-electron chi connectivity index (χ4n) is 6.00. The molecule has 2 saturated carbocycles. The van der Waals surface area contributed by atoms with Gasteiger partial charge in [-0.3, -0.25) is 0 Å². The first-order chi connectivity index (χ1) is 11.0. The van der Waals surface area contributed by atoms with E-state index in [1.807, 2.05) is 0 Å². The van der Waals surface area contributed by atoms with Crippen LogP contribution in [0.5, 0.6) is 0 Å². The molecule has 4 unspecified atom stereocenters. The van der Waals surface area contributed by atoms with E-state index >= 15 is 0 Å². The average molecular weight is 304 g/mol. The molecule has 0 amide bonds. The Hall–Kier alpha value is -1.56. The Balaban J connectivity index is 1.82. The highest BCUT2D eigenvalue weighted by Gasteiger charge is 2.60. The number of fused-ring (bicyclic) bond motifs is 1. The van der Waals surface area contributed by atoms with Crippen molar-refractivity contribution >= 4 is 0 Å². The van der Waals surface area contributed by atoms with Gasteiger partial charge in [-0.25, -0.2) is 0 Å². The van der Waals surface area contributed by atoms with Gasteiger partial charge in [0.2, 0.25) is 0 Å². The molecule has 2 aromatic rings. The van der Waals surface area contributed by atoms with Crippen LogP contribution in [-0.2, 0) is 10.8 Å². The maximum atomic E-state index is 2.53. The number of hydrogen-bond donors (Lipinski definition) is 0. The van der Waals surface area contributed by atoms with E-state index in [1.54, 1.807) is 11.1 Å². The van der Waals surface area contributed by atoms with Gasteiger partial charge in [0, 0.05) is 0 Å². The van der Waals surface area contributed by atoms with Crippen LogP contribution in [0, 0.1) is 17.8 Å². The van der Waals surface area contributed by atoms with Crippen molar-refractivity contribution in [1.82, 2.24) is 0 Å². The Kier molecular flexibility index (Phi) is 3.41. The molecule has 0 saturated heterocycles. The van der Waals surface area contributed by atoms with Crippen LogP contribution in [0.25, 0.3) is 0 Å². The lowest BCUT2D eigenvalue weighted by molar-refractivity contribution is 0.297. The first-order valence-corrected chi connectivity index (χ1v) is 9.15. The van der Waals surface area contributed by atoms with Gasteiger partial charge in [-0.15, -0.1) is 0 Å². The van der Waals surface area contributed by atoms with Gasteiger partial charge in [0.1, 0.15) is 0 Å². The molecule has 2 fully saturated rings. The minimum Gasteiger partial charge on any atom is -0.0625 e. The van der Waals surface area contributed by atoms with E-state index in [-0.39, 0.29) is 0 Å². The topological polar surface area (TPSA) is 0 Å². The zero-order valence-corrected chi connectivity index (χ0v) is 14.6. The van der Waals surface area contributed by atoms with Crippen molar-refractivity contribution in [3.8, 4) is 0 Å². The molecule has 2 aliphatic carbocycles. The maximum absolute atomic E-state index is 2.53. The van der Waals surface area contributed by atoms with Gasteiger partial charge in [-0.05, 0) is 59.0 Å². The number of benzene rings is 2. The molecule has 2 aromatic carbocycles. The SMILES string of the molecule is CC1CC2C(C1)C(C)(c1ccccc1)CC2(C)c1ccccc1. The minimum absolute atomic E-state index is 0.307. The third-order valence-corrected chi connectivity index (χ3v) is 7.04. The van der Waals surface area contributed by atoms with Crippen molar-refractivity contribution in [2.75, 3.05) is 0 Å². The van der Waals surface area contributed by atoms with Gasteiger partial charge in [-0.1, -0.05) is 81.4 Å². The van der Waals surface area contributed by atoms with Crippen molar-refractivity contribution in [1.29, 1.82) is 0 Å². The lowest BCUT2D eigenvalue weighted by atomic mass is 9.70. The second-order valence-corrected chi connectivity index (χ2v) is 8.53. The summed E-state index contributed by atoms with van der Waals surface area (Å²) in [5.41, 5.74) is 3.70. The van der Waals surface area contributed by atoms with Crippen molar-refractivity contribution in [2.24, 2.45) is 17.8 Å². The van der Waals surface area contributed by atoms with Crippen molar-refractivity contribution in [2.45, 2.75) is 50.9 Å². The molecule has 0 nitrogen and oxygen atoms in total. The van der Waals surface area contributed by atoms with Crippen molar-refractivity contribution in [3.05, 3.63) is 71.8 Å². The normalized spacial score (nSPS) is 39.3. The predicted octanol–water partition coefficient (Wildman–Crippen LogP) is 5.97. The summed E-state index contributed by atoms with van der Waals surface area (Å²) in [4.78, 5) is 0. The molecule has 4 rings (SSSR count). The first-order valence-electron chi connectivity index (χ1n) is 9.15. The molecule has 0 aromatic heterocycles. The Morgan fingerprint density at radius 1 is 0.696 bits per heavy atom. The van der Waals surface area contributed by atoms with E-state index in [1.165, 1.54) is 19.3 Å². The molecule has 0 heterocycles. The van der Waals surface area contributed by atoms with E-state index in [0.717, 1.165) is 17.8 Å². The number of hydrogen-bond acceptors (Lipinski definition) is 0. The predicted molar refractivity (Wildman–Crippen MR) is 97.6 cm³/mol. The summed E-state index contributed by atoms with van der Waals surface area (Å²) in [6, 6.07) is 22.6. The van der Waals surface area contributed by atoms with Crippen LogP contribution in [0.4, 0.5) is 0 Å². The molecule has 0 bridgehead atoms. The summed E-state index contributed by atoms with van der Waals surface area (Å²) in [5.74, 6) is 2.48. The van der Waals surface area contributed by atoms with Crippen LogP contribution in [0.2, 0.25) is 0 Å². The van der Waals surface area contributed by atoms with Crippen LogP contribution in [0.3, 0.4) is 0 Å². The van der Waals surface area contributed by atoms with Gasteiger partial charge in [0.15, 0.2) is 0 Å². The van der Waals surface area contributed by atoms with E-state index in [9.17, 15) is 0 Å². The van der Waals surface area contributed by atoms with Crippen molar-refractivity contribution < 1.29 is 0 Å². The molecule has 4 atom stereocenters. The lowest BCUT2D eigenvalue weighted by Crippen LogP contribution is -2.28. The fourth-order valence-corrected chi connectivity index (χ4v) is 6.00. The molecule has 23 heavy (non-hydrogen) atoms. The quantitative estimate of drug-likeness (QED) is 0.641. The first kappa shape index (κ1) is 15.0. The molecule has 120 valence electrons.